The largest absolute Gasteiger partial charge is 0.384 e. The number of hydrogen-bond acceptors (Lipinski definition) is 5. The predicted octanol–water partition coefficient (Wildman–Crippen LogP) is 1.89. The molecule has 7 nitrogen and oxygen atoms in total. The number of piperidine rings is 1. The zero-order valence-electron chi connectivity index (χ0n) is 15.6. The number of hydrogen-bond donors (Lipinski definition) is 3. The molecule has 2 saturated heterocycles. The molecule has 1 aromatic rings. The minimum Gasteiger partial charge on any atom is -0.384 e. The summed E-state index contributed by atoms with van der Waals surface area (Å²) in [6.45, 7) is 6.30. The lowest BCUT2D eigenvalue weighted by Crippen LogP contribution is -2.55. The van der Waals surface area contributed by atoms with Crippen LogP contribution < -0.4 is 16.4 Å². The van der Waals surface area contributed by atoms with Crippen molar-refractivity contribution in [2.24, 2.45) is 11.8 Å². The zero-order valence-corrected chi connectivity index (χ0v) is 15.6. The Morgan fingerprint density at radius 1 is 1.35 bits per heavy atom. The van der Waals surface area contributed by atoms with Crippen LogP contribution in [0, 0.1) is 11.8 Å². The van der Waals surface area contributed by atoms with E-state index in [1.54, 1.807) is 18.3 Å². The van der Waals surface area contributed by atoms with E-state index in [0.717, 1.165) is 37.9 Å². The predicted molar refractivity (Wildman–Crippen MR) is 100 cm³/mol. The van der Waals surface area contributed by atoms with Crippen LogP contribution in [-0.2, 0) is 11.3 Å². The quantitative estimate of drug-likeness (QED) is 0.674. The van der Waals surface area contributed by atoms with Crippen molar-refractivity contribution in [3.8, 4) is 0 Å². The van der Waals surface area contributed by atoms with Gasteiger partial charge in [-0.2, -0.15) is 0 Å². The summed E-state index contributed by atoms with van der Waals surface area (Å²) < 4.78 is 0. The van der Waals surface area contributed by atoms with E-state index >= 15 is 0 Å². The molecule has 0 radical (unpaired) electrons. The minimum atomic E-state index is -0.776. The Kier molecular flexibility index (Phi) is 5.46. The fraction of sp³-hybridized carbons (Fsp3) is 0.632. The molecule has 3 amide bonds. The summed E-state index contributed by atoms with van der Waals surface area (Å²) in [4.78, 5) is 31.4. The van der Waals surface area contributed by atoms with Gasteiger partial charge in [-0.25, -0.2) is 9.78 Å². The van der Waals surface area contributed by atoms with E-state index in [0.29, 0.717) is 18.2 Å². The number of nitrogens with zero attached hydrogens (tertiary/aromatic N) is 2. The van der Waals surface area contributed by atoms with Crippen molar-refractivity contribution in [1.82, 2.24) is 20.5 Å². The molecule has 0 bridgehead atoms. The molecule has 142 valence electrons. The van der Waals surface area contributed by atoms with Gasteiger partial charge in [0.15, 0.2) is 0 Å². The van der Waals surface area contributed by atoms with Crippen molar-refractivity contribution in [2.45, 2.75) is 51.6 Å². The number of imide groups is 1. The van der Waals surface area contributed by atoms with Gasteiger partial charge in [0.05, 0.1) is 6.54 Å². The van der Waals surface area contributed by atoms with Crippen LogP contribution in [0.4, 0.5) is 10.6 Å². The first-order chi connectivity index (χ1) is 12.4. The van der Waals surface area contributed by atoms with Crippen molar-refractivity contribution >= 4 is 17.8 Å². The molecular weight excluding hydrogens is 330 g/mol. The lowest BCUT2D eigenvalue weighted by molar-refractivity contribution is -0.134. The average Bonchev–Trinajstić information content (AvgIpc) is 2.86. The Morgan fingerprint density at radius 2 is 2.08 bits per heavy atom. The summed E-state index contributed by atoms with van der Waals surface area (Å²) in [7, 11) is 0. The molecule has 3 rings (SSSR count). The molecule has 2 fully saturated rings. The van der Waals surface area contributed by atoms with Gasteiger partial charge in [-0.15, -0.1) is 0 Å². The van der Waals surface area contributed by atoms with Crippen LogP contribution in [-0.4, -0.2) is 40.5 Å². The lowest BCUT2D eigenvalue weighted by atomic mass is 9.74. The number of urea groups is 1. The molecule has 1 aromatic heterocycles. The summed E-state index contributed by atoms with van der Waals surface area (Å²) in [6.07, 6.45) is 5.00. The monoisotopic (exact) mass is 359 g/mol. The van der Waals surface area contributed by atoms with Gasteiger partial charge in [0.25, 0.3) is 5.91 Å². The highest BCUT2D eigenvalue weighted by Crippen LogP contribution is 2.37. The normalized spacial score (nSPS) is 24.3. The second-order valence-electron chi connectivity index (χ2n) is 7.84. The topological polar surface area (TPSA) is 100 Å². The Labute approximate surface area is 154 Å². The Morgan fingerprint density at radius 3 is 2.73 bits per heavy atom. The molecular formula is C19H29N5O2. The highest BCUT2D eigenvalue weighted by molar-refractivity contribution is 6.07. The number of rotatable bonds is 6. The molecule has 7 heteroatoms. The van der Waals surface area contributed by atoms with Gasteiger partial charge < -0.3 is 16.4 Å². The minimum absolute atomic E-state index is 0.0922. The van der Waals surface area contributed by atoms with Crippen LogP contribution in [0.3, 0.4) is 0 Å². The standard InChI is InChI=1S/C19H29N5O2/c1-13(2)3-7-19(15-5-8-21-9-6-15)17(25)24(18(26)23-19)12-14-4-10-22-16(20)11-14/h4,10-11,13,15,21H,3,5-9,12H2,1-2H3,(H2,20,22)(H,23,26)/t19-/m1/s1. The number of carbonyl (C=O) groups excluding carboxylic acids is 2. The summed E-state index contributed by atoms with van der Waals surface area (Å²) in [5.74, 6) is 0.947. The highest BCUT2D eigenvalue weighted by Gasteiger charge is 2.55. The highest BCUT2D eigenvalue weighted by atomic mass is 16.2. The third-order valence-electron chi connectivity index (χ3n) is 5.54. The molecule has 4 N–H and O–H groups in total. The Balaban J connectivity index is 1.85. The molecule has 0 aliphatic carbocycles. The smallest absolute Gasteiger partial charge is 0.325 e. The maximum Gasteiger partial charge on any atom is 0.325 e. The van der Waals surface area contributed by atoms with E-state index < -0.39 is 5.54 Å². The van der Waals surface area contributed by atoms with Gasteiger partial charge in [0.1, 0.15) is 11.4 Å². The van der Waals surface area contributed by atoms with Crippen LogP contribution in [0.25, 0.3) is 0 Å². The van der Waals surface area contributed by atoms with Crippen molar-refractivity contribution in [2.75, 3.05) is 18.8 Å². The second kappa shape index (κ2) is 7.61. The van der Waals surface area contributed by atoms with Gasteiger partial charge in [-0.05, 0) is 68.3 Å². The number of nitrogens with two attached hydrogens (primary N) is 1. The van der Waals surface area contributed by atoms with Gasteiger partial charge in [-0.3, -0.25) is 9.69 Å². The number of anilines is 1. The molecule has 26 heavy (non-hydrogen) atoms. The lowest BCUT2D eigenvalue weighted by Gasteiger charge is -2.38. The Bertz CT molecular complexity index is 672. The van der Waals surface area contributed by atoms with E-state index in [9.17, 15) is 9.59 Å². The number of carbonyl (C=O) groups is 2. The van der Waals surface area contributed by atoms with Crippen molar-refractivity contribution in [1.29, 1.82) is 0 Å². The van der Waals surface area contributed by atoms with E-state index in [1.165, 1.54) is 4.90 Å². The molecule has 0 spiro atoms. The number of nitrogen functional groups attached to an aromatic ring is 1. The van der Waals surface area contributed by atoms with Crippen LogP contribution in [0.2, 0.25) is 0 Å². The summed E-state index contributed by atoms with van der Waals surface area (Å²) >= 11 is 0. The Hall–Kier alpha value is -2.15. The van der Waals surface area contributed by atoms with E-state index in [1.807, 2.05) is 0 Å². The molecule has 2 aliphatic rings. The van der Waals surface area contributed by atoms with E-state index in [4.69, 9.17) is 5.73 Å². The molecule has 1 atom stereocenters. The molecule has 0 aromatic carbocycles. The number of aromatic nitrogens is 1. The van der Waals surface area contributed by atoms with Crippen LogP contribution in [0.1, 0.15) is 45.1 Å². The average molecular weight is 359 g/mol. The first-order valence-corrected chi connectivity index (χ1v) is 9.47. The fourth-order valence-electron chi connectivity index (χ4n) is 4.05. The zero-order chi connectivity index (χ0) is 18.7. The SMILES string of the molecule is CC(C)CC[C@]1(C2CCNCC2)NC(=O)N(Cc2ccnc(N)c2)C1=O. The first-order valence-electron chi connectivity index (χ1n) is 9.47. The van der Waals surface area contributed by atoms with Crippen molar-refractivity contribution in [3.63, 3.8) is 0 Å². The van der Waals surface area contributed by atoms with Crippen molar-refractivity contribution < 1.29 is 9.59 Å². The van der Waals surface area contributed by atoms with Gasteiger partial charge >= 0.3 is 6.03 Å². The molecule has 2 aliphatic heterocycles. The number of amides is 3. The summed E-state index contributed by atoms with van der Waals surface area (Å²) in [5.41, 5.74) is 5.77. The molecule has 0 unspecified atom stereocenters. The third-order valence-corrected chi connectivity index (χ3v) is 5.54. The maximum atomic E-state index is 13.4. The third kappa shape index (κ3) is 3.67. The van der Waals surface area contributed by atoms with Gasteiger partial charge in [-0.1, -0.05) is 13.8 Å². The first kappa shape index (κ1) is 18.6. The van der Waals surface area contributed by atoms with Crippen LogP contribution >= 0.6 is 0 Å². The number of pyridine rings is 1. The van der Waals surface area contributed by atoms with E-state index in [-0.39, 0.29) is 24.4 Å². The van der Waals surface area contributed by atoms with E-state index in [2.05, 4.69) is 29.5 Å². The van der Waals surface area contributed by atoms with Gasteiger partial charge in [0.2, 0.25) is 0 Å². The molecule has 0 saturated carbocycles. The van der Waals surface area contributed by atoms with Crippen LogP contribution in [0.15, 0.2) is 18.3 Å². The maximum absolute atomic E-state index is 13.4. The second-order valence-corrected chi connectivity index (χ2v) is 7.84. The van der Waals surface area contributed by atoms with Crippen LogP contribution in [0.5, 0.6) is 0 Å². The van der Waals surface area contributed by atoms with Crippen molar-refractivity contribution in [3.05, 3.63) is 23.9 Å². The molecule has 3 heterocycles. The summed E-state index contributed by atoms with van der Waals surface area (Å²) in [6, 6.07) is 3.20. The number of nitrogens with one attached hydrogen (secondary N) is 2. The summed E-state index contributed by atoms with van der Waals surface area (Å²) in [5, 5.41) is 6.44. The fourth-order valence-corrected chi connectivity index (χ4v) is 4.05. The van der Waals surface area contributed by atoms with Gasteiger partial charge in [0, 0.05) is 6.20 Å².